The number of carbonyl (C=O) groups excluding carboxylic acids is 1. The standard InChI is InChI=1S/C18H18N4O2S2/c1-10-4-2-7-13(19-10)20-15(23)9-25-8-14-21-17(24)16-11-5-3-6-12(11)26-18(16)22-14/h2,4,7H,3,5-6,8-9H2,1H3,(H,19,20,23)(H,21,22,24). The number of aryl methyl sites for hydroxylation is 3. The number of anilines is 1. The second-order valence-electron chi connectivity index (χ2n) is 6.26. The summed E-state index contributed by atoms with van der Waals surface area (Å²) in [6.45, 7) is 1.88. The molecule has 4 rings (SSSR count). The number of nitrogens with one attached hydrogen (secondary N) is 2. The molecule has 0 fully saturated rings. The number of pyridine rings is 1. The number of aromatic nitrogens is 3. The van der Waals surface area contributed by atoms with E-state index in [0.29, 0.717) is 17.4 Å². The number of carbonyl (C=O) groups is 1. The first-order valence-corrected chi connectivity index (χ1v) is 10.4. The van der Waals surface area contributed by atoms with Gasteiger partial charge in [-0.05, 0) is 43.9 Å². The van der Waals surface area contributed by atoms with Gasteiger partial charge in [-0.1, -0.05) is 6.07 Å². The number of nitrogens with zero attached hydrogens (tertiary/aromatic N) is 2. The molecule has 0 aliphatic heterocycles. The van der Waals surface area contributed by atoms with Crippen molar-refractivity contribution < 1.29 is 4.79 Å². The Balaban J connectivity index is 1.39. The van der Waals surface area contributed by atoms with Crippen molar-refractivity contribution in [2.75, 3.05) is 11.1 Å². The van der Waals surface area contributed by atoms with Crippen LogP contribution in [-0.2, 0) is 23.4 Å². The van der Waals surface area contributed by atoms with E-state index in [1.54, 1.807) is 17.4 Å². The van der Waals surface area contributed by atoms with Gasteiger partial charge in [-0.3, -0.25) is 9.59 Å². The lowest BCUT2D eigenvalue weighted by atomic mass is 10.2. The van der Waals surface area contributed by atoms with Crippen LogP contribution in [0.15, 0.2) is 23.0 Å². The van der Waals surface area contributed by atoms with Gasteiger partial charge in [0, 0.05) is 10.6 Å². The Bertz CT molecular complexity index is 1040. The average Bonchev–Trinajstić information content (AvgIpc) is 3.15. The van der Waals surface area contributed by atoms with Gasteiger partial charge in [-0.25, -0.2) is 9.97 Å². The summed E-state index contributed by atoms with van der Waals surface area (Å²) in [6, 6.07) is 5.49. The van der Waals surface area contributed by atoms with Gasteiger partial charge >= 0.3 is 0 Å². The highest BCUT2D eigenvalue weighted by Gasteiger charge is 2.21. The summed E-state index contributed by atoms with van der Waals surface area (Å²) in [4.78, 5) is 38.3. The molecule has 3 aromatic rings. The maximum atomic E-state index is 12.4. The van der Waals surface area contributed by atoms with E-state index in [4.69, 9.17) is 0 Å². The fourth-order valence-corrected chi connectivity index (χ4v) is 5.12. The van der Waals surface area contributed by atoms with Crippen LogP contribution in [0.3, 0.4) is 0 Å². The Labute approximate surface area is 158 Å². The monoisotopic (exact) mass is 386 g/mol. The molecular weight excluding hydrogens is 368 g/mol. The van der Waals surface area contributed by atoms with E-state index in [9.17, 15) is 9.59 Å². The summed E-state index contributed by atoms with van der Waals surface area (Å²) < 4.78 is 0. The van der Waals surface area contributed by atoms with Crippen molar-refractivity contribution in [1.82, 2.24) is 15.0 Å². The number of fused-ring (bicyclic) bond motifs is 3. The Hall–Kier alpha value is -2.19. The van der Waals surface area contributed by atoms with Gasteiger partial charge in [0.15, 0.2) is 0 Å². The molecule has 0 bridgehead atoms. The van der Waals surface area contributed by atoms with Crippen LogP contribution >= 0.6 is 23.1 Å². The first kappa shape index (κ1) is 17.2. The van der Waals surface area contributed by atoms with Gasteiger partial charge in [-0.2, -0.15) is 0 Å². The summed E-state index contributed by atoms with van der Waals surface area (Å²) in [5.41, 5.74) is 1.98. The molecule has 0 saturated carbocycles. The van der Waals surface area contributed by atoms with Gasteiger partial charge in [0.2, 0.25) is 5.91 Å². The zero-order valence-corrected chi connectivity index (χ0v) is 15.9. The van der Waals surface area contributed by atoms with E-state index < -0.39 is 0 Å². The zero-order valence-electron chi connectivity index (χ0n) is 14.3. The molecular formula is C18H18N4O2S2. The lowest BCUT2D eigenvalue weighted by Gasteiger charge is -2.05. The molecule has 1 aliphatic rings. The van der Waals surface area contributed by atoms with Gasteiger partial charge in [0.25, 0.3) is 5.56 Å². The molecule has 1 aliphatic carbocycles. The van der Waals surface area contributed by atoms with Crippen LogP contribution in [0, 0.1) is 6.92 Å². The van der Waals surface area contributed by atoms with Crippen LogP contribution in [0.5, 0.6) is 0 Å². The molecule has 26 heavy (non-hydrogen) atoms. The molecule has 0 aromatic carbocycles. The average molecular weight is 387 g/mol. The van der Waals surface area contributed by atoms with Gasteiger partial charge in [0.1, 0.15) is 16.5 Å². The molecule has 6 nitrogen and oxygen atoms in total. The number of H-pyrrole nitrogens is 1. The third-order valence-corrected chi connectivity index (χ3v) is 6.38. The minimum Gasteiger partial charge on any atom is -0.310 e. The topological polar surface area (TPSA) is 87.7 Å². The van der Waals surface area contributed by atoms with E-state index in [2.05, 4.69) is 20.3 Å². The molecule has 0 saturated heterocycles. The van der Waals surface area contributed by atoms with Crippen LogP contribution in [0.1, 0.15) is 28.4 Å². The van der Waals surface area contributed by atoms with E-state index >= 15 is 0 Å². The predicted octanol–water partition coefficient (Wildman–Crippen LogP) is 3.05. The van der Waals surface area contributed by atoms with E-state index in [1.165, 1.54) is 22.2 Å². The quantitative estimate of drug-likeness (QED) is 0.704. The van der Waals surface area contributed by atoms with Crippen molar-refractivity contribution in [3.8, 4) is 0 Å². The number of hydrogen-bond donors (Lipinski definition) is 2. The summed E-state index contributed by atoms with van der Waals surface area (Å²) in [5, 5.41) is 3.54. The molecule has 3 heterocycles. The molecule has 134 valence electrons. The third-order valence-electron chi connectivity index (χ3n) is 4.25. The number of hydrogen-bond acceptors (Lipinski definition) is 6. The van der Waals surface area contributed by atoms with Crippen molar-refractivity contribution in [3.63, 3.8) is 0 Å². The van der Waals surface area contributed by atoms with E-state index in [0.717, 1.165) is 35.2 Å². The van der Waals surface area contributed by atoms with E-state index in [1.807, 2.05) is 19.1 Å². The number of thioether (sulfide) groups is 1. The van der Waals surface area contributed by atoms with Crippen molar-refractivity contribution in [3.05, 3.63) is 50.5 Å². The number of rotatable bonds is 5. The SMILES string of the molecule is Cc1cccc(NC(=O)CSCc2nc3sc4c(c3c(=O)[nH]2)CCC4)n1. The second-order valence-corrected chi connectivity index (χ2v) is 8.32. The molecule has 0 unspecified atom stereocenters. The smallest absolute Gasteiger partial charge is 0.259 e. The number of amides is 1. The Morgan fingerprint density at radius 3 is 3.08 bits per heavy atom. The number of thiophene rings is 1. The summed E-state index contributed by atoms with van der Waals surface area (Å²) in [7, 11) is 0. The Kier molecular flexibility index (Phi) is 4.78. The molecule has 2 N–H and O–H groups in total. The molecule has 1 amide bonds. The minimum atomic E-state index is -0.119. The summed E-state index contributed by atoms with van der Waals surface area (Å²) in [5.74, 6) is 1.82. The van der Waals surface area contributed by atoms with Crippen molar-refractivity contribution in [2.24, 2.45) is 0 Å². The van der Waals surface area contributed by atoms with Crippen LogP contribution in [-0.4, -0.2) is 26.6 Å². The molecule has 0 atom stereocenters. The molecule has 3 aromatic heterocycles. The third kappa shape index (κ3) is 3.52. The van der Waals surface area contributed by atoms with E-state index in [-0.39, 0.29) is 17.2 Å². The van der Waals surface area contributed by atoms with Crippen LogP contribution < -0.4 is 10.9 Å². The lowest BCUT2D eigenvalue weighted by molar-refractivity contribution is -0.113. The molecule has 8 heteroatoms. The van der Waals surface area contributed by atoms with Crippen LogP contribution in [0.25, 0.3) is 10.2 Å². The largest absolute Gasteiger partial charge is 0.310 e. The van der Waals surface area contributed by atoms with Gasteiger partial charge < -0.3 is 10.3 Å². The predicted molar refractivity (Wildman–Crippen MR) is 106 cm³/mol. The second kappa shape index (κ2) is 7.20. The van der Waals surface area contributed by atoms with Crippen molar-refractivity contribution >= 4 is 45.0 Å². The first-order valence-electron chi connectivity index (χ1n) is 8.45. The summed E-state index contributed by atoms with van der Waals surface area (Å²) >= 11 is 3.05. The number of aromatic amines is 1. The summed E-state index contributed by atoms with van der Waals surface area (Å²) in [6.07, 6.45) is 3.15. The normalized spacial score (nSPS) is 13.1. The highest BCUT2D eigenvalue weighted by Crippen LogP contribution is 2.34. The highest BCUT2D eigenvalue weighted by atomic mass is 32.2. The molecule has 0 spiro atoms. The highest BCUT2D eigenvalue weighted by molar-refractivity contribution is 7.99. The minimum absolute atomic E-state index is 0.0570. The van der Waals surface area contributed by atoms with Gasteiger partial charge in [0.05, 0.1) is 16.9 Å². The van der Waals surface area contributed by atoms with Crippen molar-refractivity contribution in [2.45, 2.75) is 31.9 Å². The van der Waals surface area contributed by atoms with Crippen LogP contribution in [0.2, 0.25) is 0 Å². The maximum absolute atomic E-state index is 12.4. The Morgan fingerprint density at radius 1 is 1.35 bits per heavy atom. The fraction of sp³-hybridized carbons (Fsp3) is 0.333. The lowest BCUT2D eigenvalue weighted by Crippen LogP contribution is -2.16. The maximum Gasteiger partial charge on any atom is 0.259 e. The Morgan fingerprint density at radius 2 is 2.23 bits per heavy atom. The first-order chi connectivity index (χ1) is 12.6. The zero-order chi connectivity index (χ0) is 18.1. The molecule has 0 radical (unpaired) electrons. The fourth-order valence-electron chi connectivity index (χ4n) is 3.15. The van der Waals surface area contributed by atoms with Crippen LogP contribution in [0.4, 0.5) is 5.82 Å². The van der Waals surface area contributed by atoms with Crippen molar-refractivity contribution in [1.29, 1.82) is 0 Å². The van der Waals surface area contributed by atoms with Gasteiger partial charge in [-0.15, -0.1) is 23.1 Å².